The maximum atomic E-state index is 9.97. The van der Waals surface area contributed by atoms with Crippen LogP contribution in [0.15, 0.2) is 55.9 Å². The van der Waals surface area contributed by atoms with Gasteiger partial charge in [-0.1, -0.05) is 17.2 Å². The fraction of sp³-hybridized carbons (Fsp3) is 0.0714. The second-order valence-corrected chi connectivity index (χ2v) is 4.70. The van der Waals surface area contributed by atoms with E-state index in [4.69, 9.17) is 9.15 Å². The van der Waals surface area contributed by atoms with E-state index in [1.807, 2.05) is 18.2 Å². The second-order valence-electron chi connectivity index (χ2n) is 4.18. The van der Waals surface area contributed by atoms with E-state index in [0.29, 0.717) is 16.0 Å². The molecular weight excluding hydrogens is 290 g/mol. The lowest BCUT2D eigenvalue weighted by atomic mass is 10.3. The third-order valence-corrected chi connectivity index (χ3v) is 3.04. The fourth-order valence-electron chi connectivity index (χ4n) is 1.81. The number of ether oxygens (including phenoxy) is 1. The molecule has 1 N–H and O–H groups in total. The average molecular weight is 301 g/mol. The minimum Gasteiger partial charge on any atom is -0.503 e. The van der Waals surface area contributed by atoms with Gasteiger partial charge < -0.3 is 14.3 Å². The van der Waals surface area contributed by atoms with Gasteiger partial charge in [-0.3, -0.25) is 0 Å². The Bertz CT molecular complexity index is 796. The van der Waals surface area contributed by atoms with Crippen molar-refractivity contribution in [2.24, 2.45) is 10.2 Å². The summed E-state index contributed by atoms with van der Waals surface area (Å²) in [5.41, 5.74) is 1.54. The summed E-state index contributed by atoms with van der Waals surface area (Å²) in [6.45, 7) is 0. The topological polar surface area (TPSA) is 80.2 Å². The van der Waals surface area contributed by atoms with Crippen LogP contribution < -0.4 is 4.74 Å². The number of methoxy groups -OCH3 is 1. The Morgan fingerprint density at radius 2 is 2.05 bits per heavy atom. The van der Waals surface area contributed by atoms with Gasteiger partial charge in [-0.15, -0.1) is 17.7 Å². The van der Waals surface area contributed by atoms with Crippen molar-refractivity contribution >= 4 is 35.4 Å². The van der Waals surface area contributed by atoms with E-state index in [9.17, 15) is 5.11 Å². The van der Waals surface area contributed by atoms with Gasteiger partial charge in [-0.25, -0.2) is 0 Å². The molecule has 6 nitrogen and oxygen atoms in total. The number of thiol groups is 1. The van der Waals surface area contributed by atoms with Gasteiger partial charge in [0.2, 0.25) is 0 Å². The van der Waals surface area contributed by atoms with E-state index in [0.717, 1.165) is 0 Å². The van der Waals surface area contributed by atoms with Gasteiger partial charge in [0.15, 0.2) is 17.1 Å². The minimum absolute atomic E-state index is 0.110. The number of rotatable bonds is 3. The molecule has 2 aromatic carbocycles. The summed E-state index contributed by atoms with van der Waals surface area (Å²) < 4.78 is 10.4. The van der Waals surface area contributed by atoms with Gasteiger partial charge in [0.05, 0.1) is 7.11 Å². The molecular formula is C14H11N3O3S. The van der Waals surface area contributed by atoms with Crippen LogP contribution in [0.4, 0.5) is 11.7 Å². The summed E-state index contributed by atoms with van der Waals surface area (Å²) >= 11 is 4.21. The first kappa shape index (κ1) is 13.4. The first-order valence-corrected chi connectivity index (χ1v) is 6.49. The molecule has 3 aromatic rings. The normalized spacial score (nSPS) is 11.3. The van der Waals surface area contributed by atoms with Crippen LogP contribution in [0.25, 0.3) is 11.1 Å². The van der Waals surface area contributed by atoms with Gasteiger partial charge >= 0.3 is 6.01 Å². The highest BCUT2D eigenvalue weighted by molar-refractivity contribution is 7.80. The van der Waals surface area contributed by atoms with E-state index in [1.54, 1.807) is 18.2 Å². The van der Waals surface area contributed by atoms with Crippen LogP contribution >= 0.6 is 12.6 Å². The highest BCUT2D eigenvalue weighted by atomic mass is 32.1. The lowest BCUT2D eigenvalue weighted by Crippen LogP contribution is -1.83. The molecule has 21 heavy (non-hydrogen) atoms. The molecule has 0 atom stereocenters. The number of phenols is 1. The Morgan fingerprint density at radius 1 is 1.24 bits per heavy atom. The van der Waals surface area contributed by atoms with Gasteiger partial charge in [-0.2, -0.15) is 4.98 Å². The standard InChI is InChI=1S/C14H11N3O3S/c1-19-12-7-8(21)6-10(13(12)18)16-17-14-15-9-4-2-3-5-11(9)20-14/h2-7,18,21H,1H3/b17-16+. The molecule has 0 saturated carbocycles. The Kier molecular flexibility index (Phi) is 3.49. The molecule has 0 unspecified atom stereocenters. The SMILES string of the molecule is COc1cc(S)cc(/N=N/c2nc3ccccc3o2)c1O. The number of para-hydroxylation sites is 2. The van der Waals surface area contributed by atoms with Gasteiger partial charge in [0.1, 0.15) is 11.2 Å². The average Bonchev–Trinajstić information content (AvgIpc) is 2.90. The first-order valence-electron chi connectivity index (χ1n) is 6.04. The molecule has 0 amide bonds. The van der Waals surface area contributed by atoms with E-state index >= 15 is 0 Å². The van der Waals surface area contributed by atoms with Crippen molar-refractivity contribution in [3.63, 3.8) is 0 Å². The van der Waals surface area contributed by atoms with Crippen LogP contribution in [-0.2, 0) is 0 Å². The Balaban J connectivity index is 1.97. The van der Waals surface area contributed by atoms with Gasteiger partial charge in [0.25, 0.3) is 0 Å². The number of hydrogen-bond donors (Lipinski definition) is 2. The molecule has 1 heterocycles. The van der Waals surface area contributed by atoms with E-state index in [2.05, 4.69) is 27.8 Å². The molecule has 7 heteroatoms. The molecule has 0 bridgehead atoms. The van der Waals surface area contributed by atoms with E-state index in [1.165, 1.54) is 7.11 Å². The summed E-state index contributed by atoms with van der Waals surface area (Å²) in [4.78, 5) is 4.76. The quantitative estimate of drug-likeness (QED) is 0.560. The van der Waals surface area contributed by atoms with E-state index in [-0.39, 0.29) is 23.2 Å². The molecule has 0 saturated heterocycles. The molecule has 1 aromatic heterocycles. The third-order valence-electron chi connectivity index (χ3n) is 2.79. The number of hydrogen-bond acceptors (Lipinski definition) is 7. The number of aromatic nitrogens is 1. The predicted octanol–water partition coefficient (Wildman–Crippen LogP) is 4.25. The van der Waals surface area contributed by atoms with Crippen LogP contribution in [0, 0.1) is 0 Å². The van der Waals surface area contributed by atoms with Crippen molar-refractivity contribution in [1.82, 2.24) is 4.98 Å². The molecule has 3 rings (SSSR count). The van der Waals surface area contributed by atoms with Crippen molar-refractivity contribution in [2.45, 2.75) is 4.90 Å². The monoisotopic (exact) mass is 301 g/mol. The number of aromatic hydroxyl groups is 1. The zero-order valence-electron chi connectivity index (χ0n) is 11.0. The minimum atomic E-state index is -0.116. The number of nitrogens with zero attached hydrogens (tertiary/aromatic N) is 3. The van der Waals surface area contributed by atoms with Crippen molar-refractivity contribution in [2.75, 3.05) is 7.11 Å². The number of oxazole rings is 1. The zero-order valence-corrected chi connectivity index (χ0v) is 11.9. The summed E-state index contributed by atoms with van der Waals surface area (Å²) in [6, 6.07) is 10.6. The van der Waals surface area contributed by atoms with Crippen LogP contribution in [0.2, 0.25) is 0 Å². The van der Waals surface area contributed by atoms with Gasteiger partial charge in [-0.05, 0) is 24.3 Å². The first-order chi connectivity index (χ1) is 10.2. The molecule has 0 aliphatic heterocycles. The number of fused-ring (bicyclic) bond motifs is 1. The molecule has 0 aliphatic carbocycles. The highest BCUT2D eigenvalue weighted by Crippen LogP contribution is 2.39. The summed E-state index contributed by atoms with van der Waals surface area (Å²) in [5.74, 6) is 0.157. The predicted molar refractivity (Wildman–Crippen MR) is 80.1 cm³/mol. The second kappa shape index (κ2) is 5.45. The summed E-state index contributed by atoms with van der Waals surface area (Å²) in [5, 5.41) is 17.8. The Labute approximate surface area is 125 Å². The van der Waals surface area contributed by atoms with Crippen LogP contribution in [0.3, 0.4) is 0 Å². The fourth-order valence-corrected chi connectivity index (χ4v) is 2.05. The van der Waals surface area contributed by atoms with E-state index < -0.39 is 0 Å². The van der Waals surface area contributed by atoms with Crippen molar-refractivity contribution in [1.29, 1.82) is 0 Å². The lowest BCUT2D eigenvalue weighted by Gasteiger charge is -2.05. The van der Waals surface area contributed by atoms with Crippen LogP contribution in [-0.4, -0.2) is 17.2 Å². The van der Waals surface area contributed by atoms with Crippen molar-refractivity contribution in [3.8, 4) is 11.5 Å². The summed E-state index contributed by atoms with van der Waals surface area (Å²) in [6.07, 6.45) is 0. The Hall–Kier alpha value is -2.54. The Morgan fingerprint density at radius 3 is 2.81 bits per heavy atom. The lowest BCUT2D eigenvalue weighted by molar-refractivity contribution is 0.373. The molecule has 0 spiro atoms. The van der Waals surface area contributed by atoms with Crippen molar-refractivity contribution in [3.05, 3.63) is 36.4 Å². The maximum absolute atomic E-state index is 9.97. The third kappa shape index (κ3) is 2.68. The maximum Gasteiger partial charge on any atom is 0.341 e. The molecule has 106 valence electrons. The van der Waals surface area contributed by atoms with Crippen LogP contribution in [0.5, 0.6) is 11.5 Å². The molecule has 0 fully saturated rings. The molecule has 0 radical (unpaired) electrons. The van der Waals surface area contributed by atoms with Crippen molar-refractivity contribution < 1.29 is 14.3 Å². The molecule has 0 aliphatic rings. The number of benzene rings is 2. The smallest absolute Gasteiger partial charge is 0.341 e. The number of azo groups is 1. The number of phenolic OH excluding ortho intramolecular Hbond substituents is 1. The highest BCUT2D eigenvalue weighted by Gasteiger charge is 2.10. The van der Waals surface area contributed by atoms with Gasteiger partial charge in [0, 0.05) is 4.90 Å². The zero-order chi connectivity index (χ0) is 14.8. The van der Waals surface area contributed by atoms with Crippen LogP contribution in [0.1, 0.15) is 0 Å². The largest absolute Gasteiger partial charge is 0.503 e. The summed E-state index contributed by atoms with van der Waals surface area (Å²) in [7, 11) is 1.45.